The van der Waals surface area contributed by atoms with Crippen LogP contribution in [0.5, 0.6) is 28.7 Å². The van der Waals surface area contributed by atoms with Gasteiger partial charge in [-0.25, -0.2) is 0 Å². The van der Waals surface area contributed by atoms with E-state index in [1.807, 2.05) is 13.8 Å². The van der Waals surface area contributed by atoms with Crippen LogP contribution in [0.4, 0.5) is 0 Å². The third kappa shape index (κ3) is 3.90. The van der Waals surface area contributed by atoms with Gasteiger partial charge >= 0.3 is 0 Å². The van der Waals surface area contributed by atoms with Gasteiger partial charge in [0.25, 0.3) is 0 Å². The minimum atomic E-state index is -0.595. The summed E-state index contributed by atoms with van der Waals surface area (Å²) in [6, 6.07) is 6.28. The Labute approximate surface area is 188 Å². The molecular weight excluding hydrogens is 408 g/mol. The van der Waals surface area contributed by atoms with E-state index in [1.165, 1.54) is 24.8 Å². The zero-order chi connectivity index (χ0) is 23.2. The molecule has 0 spiro atoms. The topological polar surface area (TPSA) is 85.2 Å². The summed E-state index contributed by atoms with van der Waals surface area (Å²) in [6.07, 6.45) is 3.18. The number of Topliss-reactive ketones (excluding diaryl/α,β-unsaturated/α-hetero) is 1. The minimum Gasteiger partial charge on any atom is -0.508 e. The molecule has 170 valence electrons. The molecule has 6 heteroatoms. The Morgan fingerprint density at radius 2 is 1.97 bits per heavy atom. The van der Waals surface area contributed by atoms with Crippen molar-refractivity contribution in [3.05, 3.63) is 52.6 Å². The van der Waals surface area contributed by atoms with E-state index >= 15 is 0 Å². The minimum absolute atomic E-state index is 0.0635. The van der Waals surface area contributed by atoms with Gasteiger partial charge in [-0.05, 0) is 52.7 Å². The molecule has 2 atom stereocenters. The van der Waals surface area contributed by atoms with Gasteiger partial charge in [-0.2, -0.15) is 0 Å². The third-order valence-corrected chi connectivity index (χ3v) is 6.41. The summed E-state index contributed by atoms with van der Waals surface area (Å²) in [5.41, 5.74) is 2.49. The summed E-state index contributed by atoms with van der Waals surface area (Å²) in [5.74, 6) is 1.30. The molecule has 2 heterocycles. The van der Waals surface area contributed by atoms with Gasteiger partial charge < -0.3 is 24.4 Å². The van der Waals surface area contributed by atoms with Crippen molar-refractivity contribution in [3.8, 4) is 28.7 Å². The molecule has 2 aliphatic rings. The average molecular weight is 439 g/mol. The number of methoxy groups -OCH3 is 1. The molecule has 2 N–H and O–H groups in total. The van der Waals surface area contributed by atoms with Crippen molar-refractivity contribution >= 4 is 5.78 Å². The van der Waals surface area contributed by atoms with Gasteiger partial charge in [-0.15, -0.1) is 0 Å². The number of ether oxygens (including phenoxy) is 3. The molecule has 0 unspecified atom stereocenters. The molecule has 2 aliphatic heterocycles. The van der Waals surface area contributed by atoms with Gasteiger partial charge in [0, 0.05) is 29.2 Å². The maximum Gasteiger partial charge on any atom is 0.174 e. The number of carbonyl (C=O) groups excluding carboxylic acids is 1. The van der Waals surface area contributed by atoms with Crippen LogP contribution in [0.15, 0.2) is 35.9 Å². The van der Waals surface area contributed by atoms with E-state index < -0.39 is 11.7 Å². The second kappa shape index (κ2) is 8.08. The zero-order valence-electron chi connectivity index (χ0n) is 19.2. The number of ketones is 1. The van der Waals surface area contributed by atoms with Crippen LogP contribution in [0.25, 0.3) is 0 Å². The molecule has 0 bridgehead atoms. The van der Waals surface area contributed by atoms with Crippen LogP contribution in [0, 0.1) is 5.92 Å². The van der Waals surface area contributed by atoms with Gasteiger partial charge in [-0.3, -0.25) is 4.79 Å². The van der Waals surface area contributed by atoms with Crippen molar-refractivity contribution in [2.75, 3.05) is 7.11 Å². The lowest BCUT2D eigenvalue weighted by Gasteiger charge is -2.41. The maximum atomic E-state index is 13.1. The van der Waals surface area contributed by atoms with Gasteiger partial charge in [-0.1, -0.05) is 11.6 Å². The standard InChI is InChI=1S/C26H30O6/c1-14(2)6-7-15-10-18-23(32-26(15,3)4)13-20(29)24-19(28)12-22(31-25(18)24)17-9-8-16(27)11-21(17)30-5/h6,8-9,11,13,15,22,27,29H,7,10,12H2,1-5H3/t15-,22-/m1/s1. The van der Waals surface area contributed by atoms with Gasteiger partial charge in [0.1, 0.15) is 46.0 Å². The normalized spacial score (nSPS) is 21.0. The van der Waals surface area contributed by atoms with E-state index in [0.717, 1.165) is 12.0 Å². The molecule has 0 aliphatic carbocycles. The van der Waals surface area contributed by atoms with E-state index in [0.29, 0.717) is 29.2 Å². The molecule has 6 nitrogen and oxygen atoms in total. The molecule has 0 amide bonds. The average Bonchev–Trinajstić information content (AvgIpc) is 2.71. The summed E-state index contributed by atoms with van der Waals surface area (Å²) in [6.45, 7) is 8.24. The Balaban J connectivity index is 1.78. The van der Waals surface area contributed by atoms with Crippen LogP contribution < -0.4 is 14.2 Å². The Bertz CT molecular complexity index is 1090. The van der Waals surface area contributed by atoms with Crippen molar-refractivity contribution in [3.63, 3.8) is 0 Å². The lowest BCUT2D eigenvalue weighted by atomic mass is 9.78. The van der Waals surface area contributed by atoms with E-state index in [-0.39, 0.29) is 35.2 Å². The quantitative estimate of drug-likeness (QED) is 0.613. The van der Waals surface area contributed by atoms with Crippen LogP contribution in [-0.4, -0.2) is 28.7 Å². The number of aromatic hydroxyl groups is 2. The van der Waals surface area contributed by atoms with Crippen LogP contribution in [-0.2, 0) is 6.42 Å². The third-order valence-electron chi connectivity index (χ3n) is 6.41. The lowest BCUT2D eigenvalue weighted by molar-refractivity contribution is 0.0255. The molecule has 2 aromatic rings. The van der Waals surface area contributed by atoms with Crippen molar-refractivity contribution < 1.29 is 29.2 Å². The first kappa shape index (κ1) is 22.1. The Morgan fingerprint density at radius 1 is 1.22 bits per heavy atom. The Hall–Kier alpha value is -3.15. The fourth-order valence-electron chi connectivity index (χ4n) is 4.54. The fourth-order valence-corrected chi connectivity index (χ4v) is 4.54. The molecule has 0 saturated heterocycles. The summed E-state index contributed by atoms with van der Waals surface area (Å²) >= 11 is 0. The van der Waals surface area contributed by atoms with Gasteiger partial charge in [0.05, 0.1) is 13.5 Å². The van der Waals surface area contributed by atoms with Crippen molar-refractivity contribution in [1.29, 1.82) is 0 Å². The number of carbonyl (C=O) groups is 1. The first-order valence-electron chi connectivity index (χ1n) is 10.9. The Kier molecular flexibility index (Phi) is 5.57. The number of phenolic OH excluding ortho intramolecular Hbond substituents is 2. The molecule has 0 fully saturated rings. The van der Waals surface area contributed by atoms with Crippen LogP contribution >= 0.6 is 0 Å². The first-order chi connectivity index (χ1) is 15.1. The number of hydrogen-bond donors (Lipinski definition) is 2. The smallest absolute Gasteiger partial charge is 0.174 e. The predicted molar refractivity (Wildman–Crippen MR) is 121 cm³/mol. The number of benzene rings is 2. The highest BCUT2D eigenvalue weighted by molar-refractivity contribution is 6.03. The number of rotatable bonds is 4. The highest BCUT2D eigenvalue weighted by Crippen LogP contribution is 2.51. The number of allylic oxidation sites excluding steroid dienone is 2. The van der Waals surface area contributed by atoms with Crippen LogP contribution in [0.2, 0.25) is 0 Å². The number of fused-ring (bicyclic) bond motifs is 3. The molecule has 0 radical (unpaired) electrons. The zero-order valence-corrected chi connectivity index (χ0v) is 19.2. The lowest BCUT2D eigenvalue weighted by Crippen LogP contribution is -2.42. The largest absolute Gasteiger partial charge is 0.508 e. The summed E-state index contributed by atoms with van der Waals surface area (Å²) in [4.78, 5) is 13.1. The predicted octanol–water partition coefficient (Wildman–Crippen LogP) is 5.50. The second-order valence-corrected chi connectivity index (χ2v) is 9.36. The van der Waals surface area contributed by atoms with Crippen molar-refractivity contribution in [2.45, 2.75) is 58.7 Å². The highest BCUT2D eigenvalue weighted by Gasteiger charge is 2.42. The molecule has 0 aromatic heterocycles. The molecule has 0 saturated carbocycles. The van der Waals surface area contributed by atoms with E-state index in [9.17, 15) is 15.0 Å². The summed E-state index contributed by atoms with van der Waals surface area (Å²) in [7, 11) is 1.51. The summed E-state index contributed by atoms with van der Waals surface area (Å²) < 4.78 is 18.1. The van der Waals surface area contributed by atoms with Gasteiger partial charge in [0.15, 0.2) is 5.78 Å². The monoisotopic (exact) mass is 438 g/mol. The molecule has 4 rings (SSSR count). The maximum absolute atomic E-state index is 13.1. The number of hydrogen-bond acceptors (Lipinski definition) is 6. The Morgan fingerprint density at radius 3 is 2.66 bits per heavy atom. The molecular formula is C26H30O6. The molecule has 32 heavy (non-hydrogen) atoms. The highest BCUT2D eigenvalue weighted by atomic mass is 16.5. The van der Waals surface area contributed by atoms with Crippen LogP contribution in [0.1, 0.15) is 68.1 Å². The SMILES string of the molecule is COc1cc(O)ccc1[C@H]1CC(=O)c2c(O)cc3c(c2O1)C[C@@H](CC=C(C)C)C(C)(C)O3. The van der Waals surface area contributed by atoms with Crippen LogP contribution in [0.3, 0.4) is 0 Å². The fraction of sp³-hybridized carbons (Fsp3) is 0.423. The van der Waals surface area contributed by atoms with Gasteiger partial charge in [0.2, 0.25) is 0 Å². The van der Waals surface area contributed by atoms with Crippen molar-refractivity contribution in [2.24, 2.45) is 5.92 Å². The first-order valence-corrected chi connectivity index (χ1v) is 10.9. The summed E-state index contributed by atoms with van der Waals surface area (Å²) in [5, 5.41) is 20.4. The van der Waals surface area contributed by atoms with E-state index in [1.54, 1.807) is 12.1 Å². The van der Waals surface area contributed by atoms with E-state index in [4.69, 9.17) is 14.2 Å². The second-order valence-electron chi connectivity index (χ2n) is 9.36. The molecule has 2 aromatic carbocycles. The van der Waals surface area contributed by atoms with E-state index in [2.05, 4.69) is 19.9 Å². The number of phenols is 2. The van der Waals surface area contributed by atoms with Crippen molar-refractivity contribution in [1.82, 2.24) is 0 Å².